The van der Waals surface area contributed by atoms with Gasteiger partial charge in [-0.15, -0.1) is 0 Å². The van der Waals surface area contributed by atoms with Crippen molar-refractivity contribution in [3.05, 3.63) is 28.8 Å². The fourth-order valence-corrected chi connectivity index (χ4v) is 2.03. The highest BCUT2D eigenvalue weighted by molar-refractivity contribution is 6.31. The van der Waals surface area contributed by atoms with Crippen LogP contribution in [0.2, 0.25) is 5.02 Å². The number of hydrogen-bond donors (Lipinski definition) is 1. The highest BCUT2D eigenvalue weighted by atomic mass is 35.5. The van der Waals surface area contributed by atoms with Crippen molar-refractivity contribution in [1.82, 2.24) is 5.43 Å². The fourth-order valence-electron chi connectivity index (χ4n) is 1.86. The molecule has 0 fully saturated rings. The second kappa shape index (κ2) is 8.59. The zero-order valence-electron chi connectivity index (χ0n) is 12.2. The molecule has 1 N–H and O–H groups in total. The van der Waals surface area contributed by atoms with E-state index >= 15 is 0 Å². The predicted molar refractivity (Wildman–Crippen MR) is 82.7 cm³/mol. The number of carbonyl (C=O) groups excluding carboxylic acids is 1. The van der Waals surface area contributed by atoms with Crippen molar-refractivity contribution in [2.75, 3.05) is 7.11 Å². The summed E-state index contributed by atoms with van der Waals surface area (Å²) in [6, 6.07) is 4.92. The van der Waals surface area contributed by atoms with Gasteiger partial charge in [-0.3, -0.25) is 4.79 Å². The van der Waals surface area contributed by atoms with Crippen LogP contribution in [0.5, 0.6) is 5.75 Å². The number of rotatable bonds is 7. The summed E-state index contributed by atoms with van der Waals surface area (Å²) in [5.41, 5.74) is 3.97. The van der Waals surface area contributed by atoms with Crippen LogP contribution in [0.1, 0.15) is 49.9 Å². The van der Waals surface area contributed by atoms with Crippen molar-refractivity contribution < 1.29 is 9.53 Å². The van der Waals surface area contributed by atoms with Gasteiger partial charge in [0, 0.05) is 10.7 Å². The van der Waals surface area contributed by atoms with Gasteiger partial charge in [0.1, 0.15) is 5.75 Å². The topological polar surface area (TPSA) is 50.7 Å². The van der Waals surface area contributed by atoms with E-state index in [-0.39, 0.29) is 5.91 Å². The van der Waals surface area contributed by atoms with E-state index in [1.54, 1.807) is 18.2 Å². The Morgan fingerprint density at radius 1 is 1.30 bits per heavy atom. The third kappa shape index (κ3) is 4.85. The van der Waals surface area contributed by atoms with Gasteiger partial charge in [0.15, 0.2) is 0 Å². The smallest absolute Gasteiger partial charge is 0.275 e. The lowest BCUT2D eigenvalue weighted by Gasteiger charge is -2.08. The van der Waals surface area contributed by atoms with Crippen molar-refractivity contribution in [3.8, 4) is 5.75 Å². The molecule has 0 saturated heterocycles. The number of ether oxygens (including phenoxy) is 1. The average molecular weight is 297 g/mol. The number of halogens is 1. The standard InChI is InChI=1S/C15H21ClN2O2/c1-4-6-12(7-5-2)17-18-15(19)13-10-11(16)8-9-14(13)20-3/h8-10H,4-7H2,1-3H3,(H,18,19). The number of hydrogen-bond acceptors (Lipinski definition) is 3. The summed E-state index contributed by atoms with van der Waals surface area (Å²) in [5.74, 6) is 0.170. The van der Waals surface area contributed by atoms with Gasteiger partial charge in [-0.25, -0.2) is 5.43 Å². The molecule has 0 aromatic heterocycles. The van der Waals surface area contributed by atoms with E-state index in [2.05, 4.69) is 24.4 Å². The van der Waals surface area contributed by atoms with Crippen LogP contribution < -0.4 is 10.2 Å². The molecule has 1 aromatic rings. The van der Waals surface area contributed by atoms with Crippen molar-refractivity contribution >= 4 is 23.2 Å². The largest absolute Gasteiger partial charge is 0.496 e. The molecule has 1 rings (SSSR count). The molecule has 0 atom stereocenters. The van der Waals surface area contributed by atoms with Crippen molar-refractivity contribution in [2.45, 2.75) is 39.5 Å². The molecule has 1 aromatic carbocycles. The Morgan fingerprint density at radius 3 is 2.50 bits per heavy atom. The minimum atomic E-state index is -0.311. The molecule has 5 heteroatoms. The van der Waals surface area contributed by atoms with Crippen LogP contribution in [0.25, 0.3) is 0 Å². The Morgan fingerprint density at radius 2 is 1.95 bits per heavy atom. The number of methoxy groups -OCH3 is 1. The number of carbonyl (C=O) groups is 1. The van der Waals surface area contributed by atoms with Gasteiger partial charge in [0.2, 0.25) is 0 Å². The summed E-state index contributed by atoms with van der Waals surface area (Å²) in [6.07, 6.45) is 3.80. The summed E-state index contributed by atoms with van der Waals surface area (Å²) in [5, 5.41) is 4.69. The Hall–Kier alpha value is -1.55. The molecule has 0 unspecified atom stereocenters. The number of amides is 1. The van der Waals surface area contributed by atoms with Crippen LogP contribution in [0, 0.1) is 0 Å². The molecule has 0 radical (unpaired) electrons. The molecule has 0 aliphatic heterocycles. The van der Waals surface area contributed by atoms with Crippen LogP contribution in [0.15, 0.2) is 23.3 Å². The second-order valence-corrected chi connectivity index (χ2v) is 4.90. The lowest BCUT2D eigenvalue weighted by molar-refractivity contribution is 0.0951. The van der Waals surface area contributed by atoms with Gasteiger partial charge >= 0.3 is 0 Å². The number of benzene rings is 1. The molecule has 4 nitrogen and oxygen atoms in total. The maximum absolute atomic E-state index is 12.1. The van der Waals surface area contributed by atoms with E-state index < -0.39 is 0 Å². The van der Waals surface area contributed by atoms with Gasteiger partial charge in [0.05, 0.1) is 12.7 Å². The summed E-state index contributed by atoms with van der Waals surface area (Å²) in [4.78, 5) is 12.1. The first-order valence-corrected chi connectivity index (χ1v) is 7.19. The van der Waals surface area contributed by atoms with Crippen molar-refractivity contribution in [3.63, 3.8) is 0 Å². The first-order chi connectivity index (χ1) is 9.62. The maximum atomic E-state index is 12.1. The second-order valence-electron chi connectivity index (χ2n) is 4.46. The molecule has 0 spiro atoms. The third-order valence-electron chi connectivity index (χ3n) is 2.80. The van der Waals surface area contributed by atoms with E-state index in [0.717, 1.165) is 31.4 Å². The van der Waals surface area contributed by atoms with E-state index in [1.807, 2.05) is 0 Å². The normalized spacial score (nSPS) is 10.0. The van der Waals surface area contributed by atoms with Gasteiger partial charge < -0.3 is 4.74 Å². The Bertz CT molecular complexity index is 479. The van der Waals surface area contributed by atoms with E-state index in [4.69, 9.17) is 16.3 Å². The van der Waals surface area contributed by atoms with Gasteiger partial charge in [-0.2, -0.15) is 5.10 Å². The molecular formula is C15H21ClN2O2. The number of nitrogens with one attached hydrogen (secondary N) is 1. The zero-order valence-corrected chi connectivity index (χ0v) is 13.0. The first kappa shape index (κ1) is 16.5. The summed E-state index contributed by atoms with van der Waals surface area (Å²) >= 11 is 5.91. The quantitative estimate of drug-likeness (QED) is 0.610. The molecular weight excluding hydrogens is 276 g/mol. The summed E-state index contributed by atoms with van der Waals surface area (Å²) in [6.45, 7) is 4.18. The van der Waals surface area contributed by atoms with Crippen LogP contribution in [0.3, 0.4) is 0 Å². The Labute approximate surface area is 125 Å². The van der Waals surface area contributed by atoms with Gasteiger partial charge in [-0.1, -0.05) is 38.3 Å². The molecule has 0 aliphatic carbocycles. The number of nitrogens with zero attached hydrogens (tertiary/aromatic N) is 1. The minimum absolute atomic E-state index is 0.311. The van der Waals surface area contributed by atoms with Crippen LogP contribution in [-0.4, -0.2) is 18.7 Å². The van der Waals surface area contributed by atoms with Gasteiger partial charge in [-0.05, 0) is 31.0 Å². The van der Waals surface area contributed by atoms with E-state index in [9.17, 15) is 4.79 Å². The Balaban J connectivity index is 2.84. The summed E-state index contributed by atoms with van der Waals surface area (Å²) in [7, 11) is 1.52. The summed E-state index contributed by atoms with van der Waals surface area (Å²) < 4.78 is 5.16. The molecule has 20 heavy (non-hydrogen) atoms. The van der Waals surface area contributed by atoms with Crippen molar-refractivity contribution in [2.24, 2.45) is 5.10 Å². The van der Waals surface area contributed by atoms with Gasteiger partial charge in [0.25, 0.3) is 5.91 Å². The highest BCUT2D eigenvalue weighted by Gasteiger charge is 2.12. The fraction of sp³-hybridized carbons (Fsp3) is 0.467. The monoisotopic (exact) mass is 296 g/mol. The van der Waals surface area contributed by atoms with Crippen LogP contribution in [0.4, 0.5) is 0 Å². The first-order valence-electron chi connectivity index (χ1n) is 6.81. The van der Waals surface area contributed by atoms with E-state index in [1.165, 1.54) is 7.11 Å². The van der Waals surface area contributed by atoms with Crippen molar-refractivity contribution in [1.29, 1.82) is 0 Å². The predicted octanol–water partition coefficient (Wildman–Crippen LogP) is 4.03. The minimum Gasteiger partial charge on any atom is -0.496 e. The zero-order chi connectivity index (χ0) is 15.0. The molecule has 0 aliphatic rings. The molecule has 0 heterocycles. The maximum Gasteiger partial charge on any atom is 0.275 e. The molecule has 1 amide bonds. The molecule has 0 bridgehead atoms. The SMILES string of the molecule is CCCC(CCC)=NNC(=O)c1cc(Cl)ccc1OC. The third-order valence-corrected chi connectivity index (χ3v) is 3.03. The average Bonchev–Trinajstić information content (AvgIpc) is 2.45. The lowest BCUT2D eigenvalue weighted by atomic mass is 10.1. The van der Waals surface area contributed by atoms with Crippen LogP contribution in [-0.2, 0) is 0 Å². The molecule has 110 valence electrons. The number of hydrazone groups is 1. The Kier molecular flexibility index (Phi) is 7.09. The lowest BCUT2D eigenvalue weighted by Crippen LogP contribution is -2.20. The van der Waals surface area contributed by atoms with E-state index in [0.29, 0.717) is 16.3 Å². The highest BCUT2D eigenvalue weighted by Crippen LogP contribution is 2.22. The van der Waals surface area contributed by atoms with Crippen LogP contribution >= 0.6 is 11.6 Å². The molecule has 0 saturated carbocycles.